The fraction of sp³-hybridized carbons (Fsp3) is 0.292. The van der Waals surface area contributed by atoms with Gasteiger partial charge in [0.1, 0.15) is 6.04 Å². The second-order valence-corrected chi connectivity index (χ2v) is 8.47. The van der Waals surface area contributed by atoms with Crippen LogP contribution in [-0.4, -0.2) is 40.3 Å². The highest BCUT2D eigenvalue weighted by Crippen LogP contribution is 2.29. The number of rotatable bonds is 9. The number of methoxy groups -OCH3 is 1. The molecule has 31 heavy (non-hydrogen) atoms. The van der Waals surface area contributed by atoms with Gasteiger partial charge >= 0.3 is 5.97 Å². The molecule has 3 rings (SSSR count). The SMILES string of the molecule is COC(=O)[C@@H](CC(C)C)NC(=O)CSc1ncc(-c2ccccc2)n1-c1ccccc1. The summed E-state index contributed by atoms with van der Waals surface area (Å²) in [6, 6.07) is 19.3. The fourth-order valence-electron chi connectivity index (χ4n) is 3.27. The number of para-hydroxylation sites is 1. The predicted molar refractivity (Wildman–Crippen MR) is 123 cm³/mol. The van der Waals surface area contributed by atoms with Crippen molar-refractivity contribution >= 4 is 23.6 Å². The topological polar surface area (TPSA) is 73.2 Å². The van der Waals surface area contributed by atoms with Crippen molar-refractivity contribution in [3.63, 3.8) is 0 Å². The van der Waals surface area contributed by atoms with Gasteiger partial charge in [-0.3, -0.25) is 9.36 Å². The Kier molecular flexibility index (Phi) is 7.89. The lowest BCUT2D eigenvalue weighted by molar-refractivity contribution is -0.145. The van der Waals surface area contributed by atoms with Crippen molar-refractivity contribution in [2.45, 2.75) is 31.5 Å². The summed E-state index contributed by atoms with van der Waals surface area (Å²) in [7, 11) is 1.33. The Morgan fingerprint density at radius 1 is 1.06 bits per heavy atom. The molecule has 3 aromatic rings. The number of esters is 1. The van der Waals surface area contributed by atoms with Crippen LogP contribution in [0, 0.1) is 5.92 Å². The summed E-state index contributed by atoms with van der Waals surface area (Å²) in [5.41, 5.74) is 2.95. The Balaban J connectivity index is 1.79. The van der Waals surface area contributed by atoms with E-state index in [2.05, 4.69) is 10.3 Å². The van der Waals surface area contributed by atoms with Crippen molar-refractivity contribution in [1.82, 2.24) is 14.9 Å². The summed E-state index contributed by atoms with van der Waals surface area (Å²) < 4.78 is 6.87. The van der Waals surface area contributed by atoms with Gasteiger partial charge in [0.05, 0.1) is 24.8 Å². The third-order valence-corrected chi connectivity index (χ3v) is 5.63. The Hall–Kier alpha value is -3.06. The summed E-state index contributed by atoms with van der Waals surface area (Å²) >= 11 is 1.33. The molecule has 0 aliphatic heterocycles. The number of nitrogens with one attached hydrogen (secondary N) is 1. The first-order valence-corrected chi connectivity index (χ1v) is 11.2. The van der Waals surface area contributed by atoms with E-state index in [-0.39, 0.29) is 17.6 Å². The maximum Gasteiger partial charge on any atom is 0.328 e. The van der Waals surface area contributed by atoms with Gasteiger partial charge in [0.25, 0.3) is 0 Å². The standard InChI is InChI=1S/C24H27N3O3S/c1-17(2)14-20(23(29)30-3)26-22(28)16-31-24-25-15-21(18-10-6-4-7-11-18)27(24)19-12-8-5-9-13-19/h4-13,15,17,20H,14,16H2,1-3H3,(H,26,28)/t20-/m1/s1. The minimum Gasteiger partial charge on any atom is -0.467 e. The van der Waals surface area contributed by atoms with Gasteiger partial charge in [0.15, 0.2) is 5.16 Å². The number of amides is 1. The van der Waals surface area contributed by atoms with Crippen molar-refractivity contribution < 1.29 is 14.3 Å². The summed E-state index contributed by atoms with van der Waals surface area (Å²) in [6.07, 6.45) is 2.35. The summed E-state index contributed by atoms with van der Waals surface area (Å²) in [5.74, 6) is -0.263. The van der Waals surface area contributed by atoms with Gasteiger partial charge in [-0.05, 0) is 24.5 Å². The summed E-state index contributed by atoms with van der Waals surface area (Å²) in [4.78, 5) is 29.1. The van der Waals surface area contributed by atoms with E-state index in [1.54, 1.807) is 0 Å². The van der Waals surface area contributed by atoms with E-state index < -0.39 is 12.0 Å². The van der Waals surface area contributed by atoms with E-state index in [4.69, 9.17) is 4.74 Å². The zero-order valence-electron chi connectivity index (χ0n) is 17.9. The van der Waals surface area contributed by atoms with Crippen molar-refractivity contribution in [3.05, 3.63) is 66.9 Å². The molecule has 0 saturated carbocycles. The smallest absolute Gasteiger partial charge is 0.328 e. The van der Waals surface area contributed by atoms with E-state index in [1.165, 1.54) is 18.9 Å². The molecule has 6 nitrogen and oxygen atoms in total. The van der Waals surface area contributed by atoms with E-state index in [9.17, 15) is 9.59 Å². The number of hydrogen-bond acceptors (Lipinski definition) is 5. The van der Waals surface area contributed by atoms with E-state index in [0.717, 1.165) is 16.9 Å². The summed E-state index contributed by atoms with van der Waals surface area (Å²) in [6.45, 7) is 4.00. The molecule has 0 aliphatic carbocycles. The van der Waals surface area contributed by atoms with Gasteiger partial charge in [-0.25, -0.2) is 9.78 Å². The van der Waals surface area contributed by atoms with Gasteiger partial charge < -0.3 is 10.1 Å². The van der Waals surface area contributed by atoms with Crippen molar-refractivity contribution in [2.75, 3.05) is 12.9 Å². The molecule has 1 aromatic heterocycles. The third-order valence-electron chi connectivity index (χ3n) is 4.67. The molecule has 1 amide bonds. The first-order valence-electron chi connectivity index (χ1n) is 10.2. The Bertz CT molecular complexity index is 1000. The van der Waals surface area contributed by atoms with Crippen molar-refractivity contribution in [1.29, 1.82) is 0 Å². The van der Waals surface area contributed by atoms with Gasteiger partial charge in [-0.15, -0.1) is 0 Å². The molecular formula is C24H27N3O3S. The number of benzene rings is 2. The van der Waals surface area contributed by atoms with E-state index in [0.29, 0.717) is 11.6 Å². The molecule has 0 spiro atoms. The van der Waals surface area contributed by atoms with E-state index >= 15 is 0 Å². The van der Waals surface area contributed by atoms with Crippen LogP contribution in [0.4, 0.5) is 0 Å². The highest BCUT2D eigenvalue weighted by atomic mass is 32.2. The van der Waals surface area contributed by atoms with Crippen LogP contribution >= 0.6 is 11.8 Å². The molecule has 1 N–H and O–H groups in total. The van der Waals surface area contributed by atoms with Crippen LogP contribution in [0.25, 0.3) is 16.9 Å². The second kappa shape index (κ2) is 10.8. The molecule has 2 aromatic carbocycles. The van der Waals surface area contributed by atoms with Crippen LogP contribution in [-0.2, 0) is 14.3 Å². The van der Waals surface area contributed by atoms with Crippen LogP contribution in [0.2, 0.25) is 0 Å². The molecule has 0 unspecified atom stereocenters. The Labute approximate surface area is 187 Å². The third kappa shape index (κ3) is 5.98. The maximum atomic E-state index is 12.6. The number of aromatic nitrogens is 2. The molecule has 7 heteroatoms. The zero-order chi connectivity index (χ0) is 22.2. The average molecular weight is 438 g/mol. The first-order chi connectivity index (χ1) is 15.0. The van der Waals surface area contributed by atoms with Gasteiger partial charge in [-0.2, -0.15) is 0 Å². The summed E-state index contributed by atoms with van der Waals surface area (Å²) in [5, 5.41) is 3.50. The Morgan fingerprint density at radius 2 is 1.71 bits per heavy atom. The van der Waals surface area contributed by atoms with Crippen molar-refractivity contribution in [2.24, 2.45) is 5.92 Å². The number of imidazole rings is 1. The lowest BCUT2D eigenvalue weighted by Gasteiger charge is -2.18. The lowest BCUT2D eigenvalue weighted by Crippen LogP contribution is -2.43. The van der Waals surface area contributed by atoms with Crippen LogP contribution in [0.3, 0.4) is 0 Å². The lowest BCUT2D eigenvalue weighted by atomic mass is 10.0. The normalized spacial score (nSPS) is 11.9. The van der Waals surface area contributed by atoms with Crippen LogP contribution in [0.1, 0.15) is 20.3 Å². The zero-order valence-corrected chi connectivity index (χ0v) is 18.8. The number of thioether (sulfide) groups is 1. The molecule has 0 fully saturated rings. The van der Waals surface area contributed by atoms with Crippen molar-refractivity contribution in [3.8, 4) is 16.9 Å². The van der Waals surface area contributed by atoms with Crippen LogP contribution in [0.5, 0.6) is 0 Å². The number of nitrogens with zero attached hydrogens (tertiary/aromatic N) is 2. The molecular weight excluding hydrogens is 410 g/mol. The highest BCUT2D eigenvalue weighted by molar-refractivity contribution is 7.99. The largest absolute Gasteiger partial charge is 0.467 e. The van der Waals surface area contributed by atoms with Gasteiger partial charge in [0.2, 0.25) is 5.91 Å². The molecule has 0 aliphatic rings. The molecule has 0 bridgehead atoms. The Morgan fingerprint density at radius 3 is 2.32 bits per heavy atom. The maximum absolute atomic E-state index is 12.6. The monoisotopic (exact) mass is 437 g/mol. The molecule has 1 atom stereocenters. The number of carbonyl (C=O) groups excluding carboxylic acids is 2. The second-order valence-electron chi connectivity index (χ2n) is 7.52. The average Bonchev–Trinajstić information content (AvgIpc) is 3.21. The number of hydrogen-bond donors (Lipinski definition) is 1. The quantitative estimate of drug-likeness (QED) is 0.398. The van der Waals surface area contributed by atoms with Crippen LogP contribution < -0.4 is 5.32 Å². The minimum atomic E-state index is -0.646. The first kappa shape index (κ1) is 22.6. The van der Waals surface area contributed by atoms with Gasteiger partial charge in [-0.1, -0.05) is 74.1 Å². The molecule has 162 valence electrons. The van der Waals surface area contributed by atoms with E-state index in [1.807, 2.05) is 85.3 Å². The van der Waals surface area contributed by atoms with Gasteiger partial charge in [0, 0.05) is 11.3 Å². The molecule has 1 heterocycles. The minimum absolute atomic E-state index is 0.143. The molecule has 0 radical (unpaired) electrons. The fourth-order valence-corrected chi connectivity index (χ4v) is 4.07. The number of carbonyl (C=O) groups is 2. The molecule has 0 saturated heterocycles. The number of ether oxygens (including phenoxy) is 1. The highest BCUT2D eigenvalue weighted by Gasteiger charge is 2.23. The predicted octanol–water partition coefficient (Wildman–Crippen LogP) is 4.34. The van der Waals surface area contributed by atoms with Crippen LogP contribution in [0.15, 0.2) is 72.0 Å².